The molecule has 0 unspecified atom stereocenters. The molecule has 0 spiro atoms. The number of anilines is 1. The summed E-state index contributed by atoms with van der Waals surface area (Å²) >= 11 is 0. The molecule has 0 aliphatic carbocycles. The molecule has 0 saturated carbocycles. The molecule has 28 heavy (non-hydrogen) atoms. The number of benzene rings is 2. The topological polar surface area (TPSA) is 70.7 Å². The zero-order chi connectivity index (χ0) is 19.5. The number of nitrogens with zero attached hydrogens (tertiary/aromatic N) is 1. The number of hydrogen-bond donors (Lipinski definition) is 2. The Morgan fingerprint density at radius 3 is 2.75 bits per heavy atom. The van der Waals surface area contributed by atoms with E-state index in [1.165, 1.54) is 11.1 Å². The van der Waals surface area contributed by atoms with Crippen molar-refractivity contribution in [3.8, 4) is 5.75 Å². The lowest BCUT2D eigenvalue weighted by Crippen LogP contribution is -2.36. The number of methoxy groups -OCH3 is 1. The van der Waals surface area contributed by atoms with Gasteiger partial charge < -0.3 is 20.3 Å². The summed E-state index contributed by atoms with van der Waals surface area (Å²) in [7, 11) is 1.69. The van der Waals surface area contributed by atoms with Crippen LogP contribution in [-0.2, 0) is 17.6 Å². The highest BCUT2D eigenvalue weighted by molar-refractivity contribution is 5.89. The number of carbonyl (C=O) groups is 2. The van der Waals surface area contributed by atoms with Crippen LogP contribution in [0.4, 0.5) is 10.5 Å². The fourth-order valence-electron chi connectivity index (χ4n) is 4.04. The van der Waals surface area contributed by atoms with Gasteiger partial charge >= 0.3 is 6.03 Å². The molecule has 3 amide bonds. The molecule has 1 fully saturated rings. The lowest BCUT2D eigenvalue weighted by Gasteiger charge is -2.21. The van der Waals surface area contributed by atoms with Crippen molar-refractivity contribution < 1.29 is 14.3 Å². The van der Waals surface area contributed by atoms with Crippen LogP contribution < -0.4 is 15.4 Å². The van der Waals surface area contributed by atoms with Crippen molar-refractivity contribution in [3.05, 3.63) is 59.2 Å². The summed E-state index contributed by atoms with van der Waals surface area (Å²) in [4.78, 5) is 26.1. The number of hydrogen-bond acceptors (Lipinski definition) is 3. The van der Waals surface area contributed by atoms with E-state index >= 15 is 0 Å². The van der Waals surface area contributed by atoms with Crippen LogP contribution in [0.25, 0.3) is 0 Å². The first-order valence-corrected chi connectivity index (χ1v) is 9.74. The third kappa shape index (κ3) is 3.81. The minimum atomic E-state index is -0.0978. The summed E-state index contributed by atoms with van der Waals surface area (Å²) in [5.41, 5.74) is 4.22. The van der Waals surface area contributed by atoms with Gasteiger partial charge in [0.2, 0.25) is 5.91 Å². The van der Waals surface area contributed by atoms with Crippen molar-refractivity contribution >= 4 is 17.6 Å². The zero-order valence-electron chi connectivity index (χ0n) is 16.0. The first-order chi connectivity index (χ1) is 13.6. The van der Waals surface area contributed by atoms with Crippen LogP contribution in [0.3, 0.4) is 0 Å². The minimum absolute atomic E-state index is 0.0319. The third-order valence-corrected chi connectivity index (χ3v) is 5.56. The molecule has 6 heteroatoms. The van der Waals surface area contributed by atoms with Crippen LogP contribution >= 0.6 is 0 Å². The maximum absolute atomic E-state index is 12.8. The van der Waals surface area contributed by atoms with E-state index < -0.39 is 0 Å². The van der Waals surface area contributed by atoms with Crippen molar-refractivity contribution in [2.24, 2.45) is 0 Å². The van der Waals surface area contributed by atoms with E-state index in [1.54, 1.807) is 7.11 Å². The maximum atomic E-state index is 12.8. The summed E-state index contributed by atoms with van der Waals surface area (Å²) in [6.45, 7) is 1.32. The van der Waals surface area contributed by atoms with Gasteiger partial charge in [-0.3, -0.25) is 4.79 Å². The van der Waals surface area contributed by atoms with Crippen LogP contribution in [0, 0.1) is 0 Å². The highest BCUT2D eigenvalue weighted by Gasteiger charge is 2.23. The smallest absolute Gasteiger partial charge is 0.321 e. The third-order valence-electron chi connectivity index (χ3n) is 5.56. The molecule has 2 aliphatic rings. The van der Waals surface area contributed by atoms with Gasteiger partial charge in [0.25, 0.3) is 0 Å². The fraction of sp³-hybridized carbons (Fsp3) is 0.364. The van der Waals surface area contributed by atoms with E-state index in [-0.39, 0.29) is 18.0 Å². The first kappa shape index (κ1) is 18.3. The predicted octanol–water partition coefficient (Wildman–Crippen LogP) is 3.28. The van der Waals surface area contributed by atoms with Crippen LogP contribution in [0.15, 0.2) is 42.5 Å². The van der Waals surface area contributed by atoms with Crippen molar-refractivity contribution in [1.29, 1.82) is 0 Å². The Morgan fingerprint density at radius 1 is 1.14 bits per heavy atom. The monoisotopic (exact) mass is 379 g/mol. The summed E-state index contributed by atoms with van der Waals surface area (Å²) in [6, 6.07) is 13.8. The Morgan fingerprint density at radius 2 is 1.96 bits per heavy atom. The van der Waals surface area contributed by atoms with E-state index in [1.807, 2.05) is 41.3 Å². The molecule has 0 radical (unpaired) electrons. The Kier molecular flexibility index (Phi) is 5.19. The van der Waals surface area contributed by atoms with E-state index in [2.05, 4.69) is 16.7 Å². The Labute approximate surface area is 164 Å². The summed E-state index contributed by atoms with van der Waals surface area (Å²) in [6.07, 6.45) is 2.94. The summed E-state index contributed by atoms with van der Waals surface area (Å²) in [5.74, 6) is 0.977. The van der Waals surface area contributed by atoms with E-state index in [0.717, 1.165) is 36.3 Å². The molecule has 2 aliphatic heterocycles. The van der Waals surface area contributed by atoms with Gasteiger partial charge in [0, 0.05) is 25.2 Å². The first-order valence-electron chi connectivity index (χ1n) is 9.74. The molecule has 1 saturated heterocycles. The van der Waals surface area contributed by atoms with E-state index in [9.17, 15) is 9.59 Å². The predicted molar refractivity (Wildman–Crippen MR) is 108 cm³/mol. The van der Waals surface area contributed by atoms with Gasteiger partial charge in [-0.1, -0.05) is 24.3 Å². The van der Waals surface area contributed by atoms with Gasteiger partial charge in [-0.2, -0.15) is 0 Å². The van der Waals surface area contributed by atoms with Crippen LogP contribution in [0.2, 0.25) is 0 Å². The molecule has 2 aromatic carbocycles. The average Bonchev–Trinajstić information content (AvgIpc) is 3.02. The quantitative estimate of drug-likeness (QED) is 0.860. The van der Waals surface area contributed by atoms with Gasteiger partial charge in [-0.15, -0.1) is 0 Å². The Balaban J connectivity index is 1.43. The fourth-order valence-corrected chi connectivity index (χ4v) is 4.04. The lowest BCUT2D eigenvalue weighted by molar-refractivity contribution is -0.119. The molecule has 6 nitrogen and oxygen atoms in total. The standard InChI is InChI=1S/C22H25N3O3/c1-28-20-7-3-4-15-10-12-25(13-11-18(15)20)22(27)23-17-6-2-5-16(14-17)19-8-9-21(26)24-19/h2-7,14,19H,8-13H2,1H3,(H,23,27)(H,24,26)/t19-/m0/s1. The largest absolute Gasteiger partial charge is 0.496 e. The van der Waals surface area contributed by atoms with Crippen LogP contribution in [-0.4, -0.2) is 37.0 Å². The Bertz CT molecular complexity index is 896. The van der Waals surface area contributed by atoms with E-state index in [0.29, 0.717) is 19.5 Å². The summed E-state index contributed by atoms with van der Waals surface area (Å²) < 4.78 is 5.48. The second-order valence-electron chi connectivity index (χ2n) is 7.30. The second kappa shape index (κ2) is 7.92. The maximum Gasteiger partial charge on any atom is 0.321 e. The van der Waals surface area contributed by atoms with E-state index in [4.69, 9.17) is 4.74 Å². The number of nitrogens with one attached hydrogen (secondary N) is 2. The zero-order valence-corrected chi connectivity index (χ0v) is 16.0. The molecular formula is C22H25N3O3. The van der Waals surface area contributed by atoms with Crippen molar-refractivity contribution in [1.82, 2.24) is 10.2 Å². The molecule has 0 bridgehead atoms. The number of amides is 3. The van der Waals surface area contributed by atoms with Gasteiger partial charge in [-0.05, 0) is 54.2 Å². The number of urea groups is 1. The van der Waals surface area contributed by atoms with Gasteiger partial charge in [0.05, 0.1) is 13.2 Å². The molecule has 0 aromatic heterocycles. The molecule has 2 N–H and O–H groups in total. The number of fused-ring (bicyclic) bond motifs is 1. The normalized spacial score (nSPS) is 18.8. The van der Waals surface area contributed by atoms with Gasteiger partial charge in [-0.25, -0.2) is 4.79 Å². The van der Waals surface area contributed by atoms with Crippen molar-refractivity contribution in [3.63, 3.8) is 0 Å². The van der Waals surface area contributed by atoms with Crippen LogP contribution in [0.1, 0.15) is 35.6 Å². The molecule has 1 atom stereocenters. The number of ether oxygens (including phenoxy) is 1. The minimum Gasteiger partial charge on any atom is -0.496 e. The van der Waals surface area contributed by atoms with Gasteiger partial charge in [0.1, 0.15) is 5.75 Å². The number of rotatable bonds is 3. The van der Waals surface area contributed by atoms with Gasteiger partial charge in [0.15, 0.2) is 0 Å². The highest BCUT2D eigenvalue weighted by Crippen LogP contribution is 2.27. The summed E-state index contributed by atoms with van der Waals surface area (Å²) in [5, 5.41) is 5.98. The van der Waals surface area contributed by atoms with Crippen LogP contribution in [0.5, 0.6) is 5.75 Å². The molecule has 2 aromatic rings. The number of carbonyl (C=O) groups excluding carboxylic acids is 2. The molecular weight excluding hydrogens is 354 g/mol. The molecule has 2 heterocycles. The highest BCUT2D eigenvalue weighted by atomic mass is 16.5. The average molecular weight is 379 g/mol. The SMILES string of the molecule is COc1cccc2c1CCN(C(=O)Nc1cccc([C@@H]3CCC(=O)N3)c1)CC2. The van der Waals surface area contributed by atoms with Crippen molar-refractivity contribution in [2.45, 2.75) is 31.7 Å². The lowest BCUT2D eigenvalue weighted by atomic mass is 10.0. The second-order valence-corrected chi connectivity index (χ2v) is 7.30. The molecule has 146 valence electrons. The van der Waals surface area contributed by atoms with Crippen molar-refractivity contribution in [2.75, 3.05) is 25.5 Å². The molecule has 4 rings (SSSR count). The Hall–Kier alpha value is -3.02.